The Balaban J connectivity index is 1.89. The quantitative estimate of drug-likeness (QED) is 0.690. The molecule has 1 atom stereocenters. The Hall–Kier alpha value is -3.52. The van der Waals surface area contributed by atoms with E-state index in [1.807, 2.05) is 30.3 Å². The number of allylic oxidation sites excluding steroid dienone is 1. The standard InChI is InChI=1S/C23H22N4O/c1-23(2,3)16-11-9-14(10-12-16)18-17(13-24)21(25)28-22-19(18)20(26-27-22)15-7-5-4-6-8-15/h4-12,18H,25H2,1-3H3,(H,26,27)/t18-/m0/s1. The molecule has 3 N–H and O–H groups in total. The number of hydrogen-bond donors (Lipinski definition) is 2. The maximum atomic E-state index is 9.80. The first-order valence-corrected chi connectivity index (χ1v) is 9.22. The molecule has 0 unspecified atom stereocenters. The summed E-state index contributed by atoms with van der Waals surface area (Å²) in [5.74, 6) is 0.183. The van der Waals surface area contributed by atoms with Crippen molar-refractivity contribution in [3.63, 3.8) is 0 Å². The number of nitrogens with two attached hydrogens (primary N) is 1. The Labute approximate surface area is 164 Å². The van der Waals surface area contributed by atoms with Gasteiger partial charge in [-0.3, -0.25) is 5.10 Å². The van der Waals surface area contributed by atoms with Gasteiger partial charge in [-0.2, -0.15) is 5.26 Å². The van der Waals surface area contributed by atoms with Crippen molar-refractivity contribution < 1.29 is 4.74 Å². The third kappa shape index (κ3) is 2.93. The smallest absolute Gasteiger partial charge is 0.244 e. The van der Waals surface area contributed by atoms with Gasteiger partial charge in [0, 0.05) is 0 Å². The largest absolute Gasteiger partial charge is 0.420 e. The monoisotopic (exact) mass is 370 g/mol. The van der Waals surface area contributed by atoms with Crippen molar-refractivity contribution in [2.45, 2.75) is 32.1 Å². The molecule has 0 fully saturated rings. The molecule has 140 valence electrons. The van der Waals surface area contributed by atoms with Crippen LogP contribution in [0.4, 0.5) is 0 Å². The van der Waals surface area contributed by atoms with E-state index in [9.17, 15) is 5.26 Å². The zero-order chi connectivity index (χ0) is 19.9. The van der Waals surface area contributed by atoms with Crippen LogP contribution in [0.25, 0.3) is 11.3 Å². The van der Waals surface area contributed by atoms with E-state index >= 15 is 0 Å². The summed E-state index contributed by atoms with van der Waals surface area (Å²) in [6.45, 7) is 6.53. The van der Waals surface area contributed by atoms with Crippen LogP contribution in [-0.4, -0.2) is 10.2 Å². The number of nitriles is 1. The molecule has 5 nitrogen and oxygen atoms in total. The third-order valence-electron chi connectivity index (χ3n) is 5.11. The fraction of sp³-hybridized carbons (Fsp3) is 0.217. The average Bonchev–Trinajstić information content (AvgIpc) is 3.10. The molecule has 0 bridgehead atoms. The van der Waals surface area contributed by atoms with Crippen molar-refractivity contribution >= 4 is 0 Å². The van der Waals surface area contributed by atoms with Gasteiger partial charge in [0.25, 0.3) is 0 Å². The van der Waals surface area contributed by atoms with Gasteiger partial charge >= 0.3 is 0 Å². The fourth-order valence-electron chi connectivity index (χ4n) is 3.58. The molecule has 3 aromatic rings. The summed E-state index contributed by atoms with van der Waals surface area (Å²) in [6, 6.07) is 20.5. The van der Waals surface area contributed by atoms with Gasteiger partial charge < -0.3 is 10.5 Å². The van der Waals surface area contributed by atoms with Gasteiger partial charge in [0.05, 0.1) is 17.2 Å². The Morgan fingerprint density at radius 2 is 1.75 bits per heavy atom. The van der Waals surface area contributed by atoms with E-state index < -0.39 is 0 Å². The van der Waals surface area contributed by atoms with Gasteiger partial charge in [0.15, 0.2) is 0 Å². The number of benzene rings is 2. The van der Waals surface area contributed by atoms with Crippen molar-refractivity contribution in [1.29, 1.82) is 5.26 Å². The summed E-state index contributed by atoms with van der Waals surface area (Å²) in [5, 5.41) is 17.2. The molecule has 0 spiro atoms. The molecule has 0 amide bonds. The van der Waals surface area contributed by atoms with E-state index in [1.165, 1.54) is 5.56 Å². The van der Waals surface area contributed by atoms with Crippen LogP contribution in [0.3, 0.4) is 0 Å². The highest BCUT2D eigenvalue weighted by Crippen LogP contribution is 2.45. The predicted molar refractivity (Wildman–Crippen MR) is 108 cm³/mol. The number of rotatable bonds is 2. The van der Waals surface area contributed by atoms with Gasteiger partial charge in [0.2, 0.25) is 11.8 Å². The normalized spacial score (nSPS) is 16.3. The topological polar surface area (TPSA) is 87.7 Å². The maximum Gasteiger partial charge on any atom is 0.244 e. The molecule has 5 heteroatoms. The lowest BCUT2D eigenvalue weighted by molar-refractivity contribution is 0.379. The molecule has 0 aliphatic carbocycles. The zero-order valence-electron chi connectivity index (χ0n) is 16.2. The molecular formula is C23H22N4O. The maximum absolute atomic E-state index is 9.80. The van der Waals surface area contributed by atoms with Crippen LogP contribution in [0, 0.1) is 11.3 Å². The summed E-state index contributed by atoms with van der Waals surface area (Å²) >= 11 is 0. The molecule has 2 heterocycles. The highest BCUT2D eigenvalue weighted by Gasteiger charge is 2.35. The number of hydrogen-bond acceptors (Lipinski definition) is 4. The summed E-state index contributed by atoms with van der Waals surface area (Å²) in [4.78, 5) is 0. The fourth-order valence-corrected chi connectivity index (χ4v) is 3.58. The van der Waals surface area contributed by atoms with E-state index in [0.717, 1.165) is 22.4 Å². The molecule has 28 heavy (non-hydrogen) atoms. The van der Waals surface area contributed by atoms with Crippen LogP contribution in [0.15, 0.2) is 66.1 Å². The lowest BCUT2D eigenvalue weighted by Crippen LogP contribution is -2.21. The zero-order valence-corrected chi connectivity index (χ0v) is 16.2. The number of ether oxygens (including phenoxy) is 1. The summed E-state index contributed by atoms with van der Waals surface area (Å²) in [7, 11) is 0. The second kappa shape index (κ2) is 6.58. The number of aromatic amines is 1. The summed E-state index contributed by atoms with van der Waals surface area (Å²) < 4.78 is 5.66. The Morgan fingerprint density at radius 3 is 2.36 bits per heavy atom. The van der Waals surface area contributed by atoms with Crippen LogP contribution in [0.1, 0.15) is 43.4 Å². The second-order valence-corrected chi connectivity index (χ2v) is 7.98. The average molecular weight is 370 g/mol. The van der Waals surface area contributed by atoms with E-state index in [-0.39, 0.29) is 17.2 Å². The van der Waals surface area contributed by atoms with E-state index in [4.69, 9.17) is 10.5 Å². The van der Waals surface area contributed by atoms with Crippen LogP contribution in [0.2, 0.25) is 0 Å². The van der Waals surface area contributed by atoms with Crippen LogP contribution < -0.4 is 10.5 Å². The molecule has 2 aromatic carbocycles. The molecule has 1 aliphatic heterocycles. The first-order chi connectivity index (χ1) is 13.4. The lowest BCUT2D eigenvalue weighted by atomic mass is 9.81. The number of aromatic nitrogens is 2. The van der Waals surface area contributed by atoms with Crippen molar-refractivity contribution in [3.8, 4) is 23.2 Å². The lowest BCUT2D eigenvalue weighted by Gasteiger charge is -2.25. The van der Waals surface area contributed by atoms with Gasteiger partial charge in [0.1, 0.15) is 11.6 Å². The first-order valence-electron chi connectivity index (χ1n) is 9.22. The summed E-state index contributed by atoms with van der Waals surface area (Å²) in [5.41, 5.74) is 11.4. The molecule has 1 aliphatic rings. The molecule has 1 aromatic heterocycles. The Kier molecular flexibility index (Phi) is 4.20. The van der Waals surface area contributed by atoms with E-state index in [1.54, 1.807) is 0 Å². The number of nitrogens with zero attached hydrogens (tertiary/aromatic N) is 2. The molecule has 4 rings (SSSR count). The van der Waals surface area contributed by atoms with Crippen LogP contribution in [0.5, 0.6) is 5.88 Å². The highest BCUT2D eigenvalue weighted by atomic mass is 16.5. The van der Waals surface area contributed by atoms with E-state index in [0.29, 0.717) is 11.5 Å². The minimum Gasteiger partial charge on any atom is -0.420 e. The van der Waals surface area contributed by atoms with Crippen molar-refractivity contribution in [2.24, 2.45) is 5.73 Å². The van der Waals surface area contributed by atoms with Gasteiger partial charge in [-0.25, -0.2) is 0 Å². The van der Waals surface area contributed by atoms with Gasteiger partial charge in [-0.15, -0.1) is 5.10 Å². The third-order valence-corrected chi connectivity index (χ3v) is 5.11. The summed E-state index contributed by atoms with van der Waals surface area (Å²) in [6.07, 6.45) is 0. The second-order valence-electron chi connectivity index (χ2n) is 7.98. The Bertz CT molecular complexity index is 1080. The highest BCUT2D eigenvalue weighted by molar-refractivity contribution is 5.70. The van der Waals surface area contributed by atoms with Crippen molar-refractivity contribution in [1.82, 2.24) is 10.2 Å². The first kappa shape index (κ1) is 17.9. The van der Waals surface area contributed by atoms with Gasteiger partial charge in [-0.1, -0.05) is 75.4 Å². The number of fused-ring (bicyclic) bond motifs is 1. The predicted octanol–water partition coefficient (Wildman–Crippen LogP) is 4.59. The SMILES string of the molecule is CC(C)(C)c1ccc([C@H]2C(C#N)=C(N)Oc3n[nH]c(-c4ccccc4)c32)cc1. The molecule has 0 saturated carbocycles. The molecule has 0 saturated heterocycles. The van der Waals surface area contributed by atoms with E-state index in [2.05, 4.69) is 61.3 Å². The van der Waals surface area contributed by atoms with Crippen LogP contribution >= 0.6 is 0 Å². The Morgan fingerprint density at radius 1 is 1.07 bits per heavy atom. The van der Waals surface area contributed by atoms with Gasteiger partial charge in [-0.05, 0) is 22.1 Å². The van der Waals surface area contributed by atoms with Crippen LogP contribution in [-0.2, 0) is 5.41 Å². The molecular weight excluding hydrogens is 348 g/mol. The molecule has 0 radical (unpaired) electrons. The van der Waals surface area contributed by atoms with Crippen molar-refractivity contribution in [3.05, 3.63) is 82.7 Å². The minimum atomic E-state index is -0.336. The van der Waals surface area contributed by atoms with Crippen molar-refractivity contribution in [2.75, 3.05) is 0 Å². The number of nitrogens with one attached hydrogen (secondary N) is 1. The number of H-pyrrole nitrogens is 1. The minimum absolute atomic E-state index is 0.0527.